The molecule has 4 nitrogen and oxygen atoms in total. The standard InChI is InChI=1S/C16H22O4/c17-16(18)14-9-7-13(8-10-14)5-1-3-11-19-15-6-2-4-12-20-15/h7-10,15H,1-6,11-12H2,(H,17,18). The summed E-state index contributed by atoms with van der Waals surface area (Å²) in [6.07, 6.45) is 6.34. The fraction of sp³-hybridized carbons (Fsp3) is 0.562. The minimum absolute atomic E-state index is 0.00130. The van der Waals surface area contributed by atoms with E-state index in [1.54, 1.807) is 12.1 Å². The molecule has 1 aromatic carbocycles. The van der Waals surface area contributed by atoms with Gasteiger partial charge in [-0.15, -0.1) is 0 Å². The van der Waals surface area contributed by atoms with Crippen molar-refractivity contribution in [2.75, 3.05) is 13.2 Å². The van der Waals surface area contributed by atoms with Crippen LogP contribution in [0.4, 0.5) is 0 Å². The van der Waals surface area contributed by atoms with E-state index in [-0.39, 0.29) is 6.29 Å². The molecule has 1 heterocycles. The Bertz CT molecular complexity index is 407. The number of carbonyl (C=O) groups is 1. The molecule has 0 aromatic heterocycles. The summed E-state index contributed by atoms with van der Waals surface area (Å²) < 4.78 is 11.2. The molecular weight excluding hydrogens is 256 g/mol. The maximum atomic E-state index is 10.7. The highest BCUT2D eigenvalue weighted by Crippen LogP contribution is 2.14. The third-order valence-corrected chi connectivity index (χ3v) is 3.50. The minimum Gasteiger partial charge on any atom is -0.478 e. The monoisotopic (exact) mass is 278 g/mol. The summed E-state index contributed by atoms with van der Waals surface area (Å²) in [4.78, 5) is 10.7. The van der Waals surface area contributed by atoms with Crippen LogP contribution >= 0.6 is 0 Å². The van der Waals surface area contributed by atoms with Gasteiger partial charge in [-0.1, -0.05) is 12.1 Å². The van der Waals surface area contributed by atoms with Crippen molar-refractivity contribution in [2.24, 2.45) is 0 Å². The molecule has 1 N–H and O–H groups in total. The molecule has 1 saturated heterocycles. The van der Waals surface area contributed by atoms with Gasteiger partial charge < -0.3 is 14.6 Å². The second kappa shape index (κ2) is 8.02. The zero-order valence-electron chi connectivity index (χ0n) is 11.7. The number of unbranched alkanes of at least 4 members (excludes halogenated alkanes) is 1. The van der Waals surface area contributed by atoms with Gasteiger partial charge in [-0.3, -0.25) is 0 Å². The van der Waals surface area contributed by atoms with Crippen LogP contribution in [0.2, 0.25) is 0 Å². The Hall–Kier alpha value is -1.39. The first-order chi connectivity index (χ1) is 9.75. The SMILES string of the molecule is O=C(O)c1ccc(CCCCOC2CCCCO2)cc1. The van der Waals surface area contributed by atoms with Crippen molar-refractivity contribution in [2.45, 2.75) is 44.8 Å². The fourth-order valence-corrected chi connectivity index (χ4v) is 2.30. The van der Waals surface area contributed by atoms with Gasteiger partial charge in [-0.2, -0.15) is 0 Å². The van der Waals surface area contributed by atoms with Crippen LogP contribution in [0.1, 0.15) is 48.0 Å². The van der Waals surface area contributed by atoms with Crippen LogP contribution in [0.25, 0.3) is 0 Å². The Kier molecular flexibility index (Phi) is 6.02. The van der Waals surface area contributed by atoms with E-state index in [0.717, 1.165) is 45.3 Å². The summed E-state index contributed by atoms with van der Waals surface area (Å²) in [6, 6.07) is 7.08. The van der Waals surface area contributed by atoms with Crippen molar-refractivity contribution < 1.29 is 19.4 Å². The summed E-state index contributed by atoms with van der Waals surface area (Å²) in [5.41, 5.74) is 1.51. The lowest BCUT2D eigenvalue weighted by atomic mass is 10.1. The Balaban J connectivity index is 1.59. The third-order valence-electron chi connectivity index (χ3n) is 3.50. The first-order valence-corrected chi connectivity index (χ1v) is 7.31. The first-order valence-electron chi connectivity index (χ1n) is 7.31. The maximum Gasteiger partial charge on any atom is 0.335 e. The van der Waals surface area contributed by atoms with Gasteiger partial charge in [0.2, 0.25) is 0 Å². The van der Waals surface area contributed by atoms with Crippen LogP contribution in [0, 0.1) is 0 Å². The van der Waals surface area contributed by atoms with Gasteiger partial charge in [-0.25, -0.2) is 4.79 Å². The van der Waals surface area contributed by atoms with E-state index in [9.17, 15) is 4.79 Å². The Morgan fingerprint density at radius 1 is 1.25 bits per heavy atom. The largest absolute Gasteiger partial charge is 0.478 e. The van der Waals surface area contributed by atoms with Crippen molar-refractivity contribution in [1.82, 2.24) is 0 Å². The van der Waals surface area contributed by atoms with Crippen LogP contribution in [0.15, 0.2) is 24.3 Å². The average Bonchev–Trinajstić information content (AvgIpc) is 2.48. The molecule has 1 aromatic rings. The number of carboxylic acid groups (broad SMARTS) is 1. The molecule has 20 heavy (non-hydrogen) atoms. The normalized spacial score (nSPS) is 18.9. The smallest absolute Gasteiger partial charge is 0.335 e. The molecule has 4 heteroatoms. The number of benzene rings is 1. The van der Waals surface area contributed by atoms with Gasteiger partial charge in [-0.05, 0) is 56.2 Å². The lowest BCUT2D eigenvalue weighted by Gasteiger charge is -2.22. The summed E-state index contributed by atoms with van der Waals surface area (Å²) in [7, 11) is 0. The van der Waals surface area contributed by atoms with Crippen molar-refractivity contribution in [3.8, 4) is 0 Å². The highest BCUT2D eigenvalue weighted by molar-refractivity contribution is 5.87. The third kappa shape index (κ3) is 4.94. The number of carboxylic acids is 1. The maximum absolute atomic E-state index is 10.7. The molecule has 0 bridgehead atoms. The second-order valence-electron chi connectivity index (χ2n) is 5.13. The van der Waals surface area contributed by atoms with Crippen LogP contribution in [0.5, 0.6) is 0 Å². The van der Waals surface area contributed by atoms with E-state index < -0.39 is 5.97 Å². The van der Waals surface area contributed by atoms with Gasteiger partial charge in [0.15, 0.2) is 6.29 Å². The fourth-order valence-electron chi connectivity index (χ4n) is 2.30. The van der Waals surface area contributed by atoms with Crippen LogP contribution < -0.4 is 0 Å². The molecule has 1 aliphatic heterocycles. The van der Waals surface area contributed by atoms with Gasteiger partial charge >= 0.3 is 5.97 Å². The van der Waals surface area contributed by atoms with Crippen LogP contribution in [-0.4, -0.2) is 30.6 Å². The van der Waals surface area contributed by atoms with E-state index in [0.29, 0.717) is 5.56 Å². The van der Waals surface area contributed by atoms with Crippen molar-refractivity contribution in [1.29, 1.82) is 0 Å². The lowest BCUT2D eigenvalue weighted by Crippen LogP contribution is -2.22. The molecular formula is C16H22O4. The Morgan fingerprint density at radius 3 is 2.70 bits per heavy atom. The lowest BCUT2D eigenvalue weighted by molar-refractivity contribution is -0.162. The minimum atomic E-state index is -0.877. The zero-order chi connectivity index (χ0) is 14.2. The average molecular weight is 278 g/mol. The number of aryl methyl sites for hydroxylation is 1. The number of hydrogen-bond acceptors (Lipinski definition) is 3. The predicted octanol–water partition coefficient (Wildman–Crippen LogP) is 3.25. The molecule has 0 saturated carbocycles. The van der Waals surface area contributed by atoms with Gasteiger partial charge in [0.25, 0.3) is 0 Å². The molecule has 1 unspecified atom stereocenters. The van der Waals surface area contributed by atoms with Gasteiger partial charge in [0.05, 0.1) is 5.56 Å². The molecule has 1 aliphatic rings. The highest BCUT2D eigenvalue weighted by atomic mass is 16.7. The molecule has 0 amide bonds. The van der Waals surface area contributed by atoms with E-state index >= 15 is 0 Å². The Morgan fingerprint density at radius 2 is 2.05 bits per heavy atom. The summed E-state index contributed by atoms with van der Waals surface area (Å²) in [6.45, 7) is 1.55. The van der Waals surface area contributed by atoms with Gasteiger partial charge in [0, 0.05) is 13.2 Å². The summed E-state index contributed by atoms with van der Waals surface area (Å²) in [5.74, 6) is -0.877. The van der Waals surface area contributed by atoms with Crippen molar-refractivity contribution in [3.05, 3.63) is 35.4 Å². The van der Waals surface area contributed by atoms with E-state index in [1.807, 2.05) is 12.1 Å². The van der Waals surface area contributed by atoms with Crippen molar-refractivity contribution >= 4 is 5.97 Å². The Labute approximate surface area is 119 Å². The van der Waals surface area contributed by atoms with E-state index in [1.165, 1.54) is 12.0 Å². The zero-order valence-corrected chi connectivity index (χ0v) is 11.7. The van der Waals surface area contributed by atoms with E-state index in [4.69, 9.17) is 14.6 Å². The molecule has 0 radical (unpaired) electrons. The molecule has 110 valence electrons. The molecule has 1 atom stereocenters. The van der Waals surface area contributed by atoms with Gasteiger partial charge in [0.1, 0.15) is 0 Å². The second-order valence-corrected chi connectivity index (χ2v) is 5.13. The van der Waals surface area contributed by atoms with E-state index in [2.05, 4.69) is 0 Å². The summed E-state index contributed by atoms with van der Waals surface area (Å²) >= 11 is 0. The number of ether oxygens (including phenoxy) is 2. The predicted molar refractivity (Wildman–Crippen MR) is 75.9 cm³/mol. The number of rotatable bonds is 7. The number of hydrogen-bond donors (Lipinski definition) is 1. The number of aromatic carboxylic acids is 1. The molecule has 2 rings (SSSR count). The van der Waals surface area contributed by atoms with Crippen LogP contribution in [-0.2, 0) is 15.9 Å². The topological polar surface area (TPSA) is 55.8 Å². The van der Waals surface area contributed by atoms with Crippen LogP contribution in [0.3, 0.4) is 0 Å². The van der Waals surface area contributed by atoms with Crippen molar-refractivity contribution in [3.63, 3.8) is 0 Å². The molecule has 1 fully saturated rings. The molecule has 0 aliphatic carbocycles. The summed E-state index contributed by atoms with van der Waals surface area (Å²) in [5, 5.41) is 8.82. The molecule has 0 spiro atoms. The quantitative estimate of drug-likeness (QED) is 0.778. The highest BCUT2D eigenvalue weighted by Gasteiger charge is 2.13. The first kappa shape index (κ1) is 15.0.